The maximum Gasteiger partial charge on any atom is 0.0271 e. The van der Waals surface area contributed by atoms with Crippen LogP contribution in [0.15, 0.2) is 28.5 Å². The van der Waals surface area contributed by atoms with Gasteiger partial charge in [-0.15, -0.1) is 5.73 Å². The van der Waals surface area contributed by atoms with Crippen molar-refractivity contribution in [2.45, 2.75) is 27.2 Å². The van der Waals surface area contributed by atoms with E-state index in [1.165, 1.54) is 16.7 Å². The molecule has 0 N–H and O–H groups in total. The van der Waals surface area contributed by atoms with Gasteiger partial charge in [-0.3, -0.25) is 0 Å². The molecule has 0 saturated heterocycles. The van der Waals surface area contributed by atoms with E-state index in [-0.39, 0.29) is 0 Å². The molecular weight excluding hydrogens is 108 g/mol. The van der Waals surface area contributed by atoms with Gasteiger partial charge in [-0.1, -0.05) is 12.5 Å². The van der Waals surface area contributed by atoms with Crippen molar-refractivity contribution in [3.05, 3.63) is 28.5 Å². The second-order valence-electron chi connectivity index (χ2n) is 2.46. The fourth-order valence-electron chi connectivity index (χ4n) is 0.748. The Labute approximate surface area is 56.6 Å². The molecule has 0 aromatic rings. The Morgan fingerprint density at radius 3 is 2.44 bits per heavy atom. The standard InChI is InChI=1S/C9H12/c1-4-7(2)8(3)9-5-6-9/h5H,4H2,1-3H3. The van der Waals surface area contributed by atoms with Crippen LogP contribution < -0.4 is 0 Å². The van der Waals surface area contributed by atoms with Crippen molar-refractivity contribution in [3.8, 4) is 0 Å². The molecule has 0 unspecified atom stereocenters. The van der Waals surface area contributed by atoms with Crippen molar-refractivity contribution in [1.82, 2.24) is 0 Å². The zero-order valence-corrected chi connectivity index (χ0v) is 6.28. The first-order chi connectivity index (χ1) is 4.25. The number of rotatable bonds is 2. The lowest BCUT2D eigenvalue weighted by Crippen LogP contribution is -1.79. The van der Waals surface area contributed by atoms with Crippen LogP contribution in [-0.2, 0) is 0 Å². The van der Waals surface area contributed by atoms with Crippen LogP contribution in [0, 0.1) is 0 Å². The smallest absolute Gasteiger partial charge is 0.0271 e. The van der Waals surface area contributed by atoms with E-state index in [9.17, 15) is 0 Å². The predicted octanol–water partition coefficient (Wildman–Crippen LogP) is 2.83. The van der Waals surface area contributed by atoms with Gasteiger partial charge < -0.3 is 0 Å². The molecule has 0 heteroatoms. The van der Waals surface area contributed by atoms with Crippen molar-refractivity contribution in [2.75, 3.05) is 0 Å². The first-order valence-electron chi connectivity index (χ1n) is 3.39. The summed E-state index contributed by atoms with van der Waals surface area (Å²) in [5.74, 6) is 0. The van der Waals surface area contributed by atoms with Gasteiger partial charge in [0.05, 0.1) is 0 Å². The van der Waals surface area contributed by atoms with E-state index >= 15 is 0 Å². The zero-order valence-electron chi connectivity index (χ0n) is 6.28. The second-order valence-corrected chi connectivity index (χ2v) is 2.46. The maximum absolute atomic E-state index is 3.08. The van der Waals surface area contributed by atoms with E-state index in [4.69, 9.17) is 0 Å². The predicted molar refractivity (Wildman–Crippen MR) is 40.3 cm³/mol. The normalized spacial score (nSPS) is 17.0. The summed E-state index contributed by atoms with van der Waals surface area (Å²) in [6.45, 7) is 6.52. The van der Waals surface area contributed by atoms with E-state index in [1.54, 1.807) is 0 Å². The molecule has 0 aromatic heterocycles. The van der Waals surface area contributed by atoms with E-state index in [2.05, 4.69) is 26.5 Å². The molecule has 0 aromatic carbocycles. The average molecular weight is 120 g/mol. The number of hydrogen-bond acceptors (Lipinski definition) is 0. The highest BCUT2D eigenvalue weighted by atomic mass is 14.1. The molecule has 0 amide bonds. The van der Waals surface area contributed by atoms with Crippen LogP contribution >= 0.6 is 0 Å². The largest absolute Gasteiger partial charge is 0.111 e. The molecule has 0 atom stereocenters. The topological polar surface area (TPSA) is 0 Å². The van der Waals surface area contributed by atoms with Crippen LogP contribution in [-0.4, -0.2) is 0 Å². The molecule has 0 nitrogen and oxygen atoms in total. The quantitative estimate of drug-likeness (QED) is 0.491. The Bertz CT molecular complexity index is 210. The van der Waals surface area contributed by atoms with Gasteiger partial charge in [-0.05, 0) is 31.9 Å². The molecule has 0 bridgehead atoms. The van der Waals surface area contributed by atoms with Gasteiger partial charge in [-0.25, -0.2) is 0 Å². The van der Waals surface area contributed by atoms with E-state index in [0.29, 0.717) is 0 Å². The maximum atomic E-state index is 3.08. The summed E-state index contributed by atoms with van der Waals surface area (Å²) in [4.78, 5) is 0. The van der Waals surface area contributed by atoms with Crippen LogP contribution in [0.1, 0.15) is 27.2 Å². The lowest BCUT2D eigenvalue weighted by molar-refractivity contribution is 1.07. The third-order valence-electron chi connectivity index (χ3n) is 1.86. The SMILES string of the molecule is CCC(C)=C(C)C1=C=C1. The summed E-state index contributed by atoms with van der Waals surface area (Å²) < 4.78 is 0. The number of allylic oxidation sites excluding steroid dienone is 3. The van der Waals surface area contributed by atoms with Gasteiger partial charge in [0.25, 0.3) is 0 Å². The molecular formula is C9H12. The van der Waals surface area contributed by atoms with Crippen molar-refractivity contribution >= 4 is 0 Å². The molecule has 0 fully saturated rings. The highest BCUT2D eigenvalue weighted by molar-refractivity contribution is 5.49. The fraction of sp³-hybridized carbons (Fsp3) is 0.444. The van der Waals surface area contributed by atoms with Gasteiger partial charge in [0.15, 0.2) is 0 Å². The van der Waals surface area contributed by atoms with Gasteiger partial charge in [0, 0.05) is 5.57 Å². The molecule has 48 valence electrons. The fourth-order valence-corrected chi connectivity index (χ4v) is 0.748. The Kier molecular flexibility index (Phi) is 1.59. The summed E-state index contributed by atoms with van der Waals surface area (Å²) in [6.07, 6.45) is 3.19. The average Bonchev–Trinajstić information content (AvgIpc) is 2.66. The Morgan fingerprint density at radius 1 is 1.56 bits per heavy atom. The van der Waals surface area contributed by atoms with Crippen LogP contribution in [0.25, 0.3) is 0 Å². The summed E-state index contributed by atoms with van der Waals surface area (Å²) in [5, 5.41) is 0. The van der Waals surface area contributed by atoms with Crippen LogP contribution in [0.5, 0.6) is 0 Å². The molecule has 0 heterocycles. The molecule has 1 aliphatic rings. The van der Waals surface area contributed by atoms with Crippen LogP contribution in [0.4, 0.5) is 0 Å². The molecule has 0 saturated carbocycles. The van der Waals surface area contributed by atoms with Crippen molar-refractivity contribution < 1.29 is 0 Å². The molecule has 0 aliphatic heterocycles. The monoisotopic (exact) mass is 120 g/mol. The van der Waals surface area contributed by atoms with Crippen LogP contribution in [0.3, 0.4) is 0 Å². The first kappa shape index (κ1) is 6.38. The van der Waals surface area contributed by atoms with Gasteiger partial charge >= 0.3 is 0 Å². The zero-order chi connectivity index (χ0) is 6.85. The lowest BCUT2D eigenvalue weighted by Gasteiger charge is -1.98. The Morgan fingerprint density at radius 2 is 2.11 bits per heavy atom. The minimum atomic E-state index is 1.16. The highest BCUT2D eigenvalue weighted by Gasteiger charge is 2.04. The Balaban J connectivity index is 2.66. The van der Waals surface area contributed by atoms with Crippen molar-refractivity contribution in [3.63, 3.8) is 0 Å². The molecule has 9 heavy (non-hydrogen) atoms. The van der Waals surface area contributed by atoms with E-state index in [0.717, 1.165) is 6.42 Å². The van der Waals surface area contributed by atoms with Crippen molar-refractivity contribution in [2.24, 2.45) is 0 Å². The third-order valence-corrected chi connectivity index (χ3v) is 1.86. The summed E-state index contributed by atoms with van der Waals surface area (Å²) >= 11 is 0. The van der Waals surface area contributed by atoms with E-state index in [1.807, 2.05) is 6.08 Å². The molecule has 1 rings (SSSR count). The van der Waals surface area contributed by atoms with Gasteiger partial charge in [0.1, 0.15) is 0 Å². The minimum absolute atomic E-state index is 1.16. The second kappa shape index (κ2) is 2.24. The highest BCUT2D eigenvalue weighted by Crippen LogP contribution is 2.22. The third kappa shape index (κ3) is 1.34. The summed E-state index contributed by atoms with van der Waals surface area (Å²) in [7, 11) is 0. The van der Waals surface area contributed by atoms with E-state index < -0.39 is 0 Å². The van der Waals surface area contributed by atoms with Gasteiger partial charge in [-0.2, -0.15) is 0 Å². The van der Waals surface area contributed by atoms with Crippen LogP contribution in [0.2, 0.25) is 0 Å². The Hall–Kier alpha value is -0.740. The summed E-state index contributed by atoms with van der Waals surface area (Å²) in [5.41, 5.74) is 7.29. The molecule has 1 aliphatic carbocycles. The van der Waals surface area contributed by atoms with Gasteiger partial charge in [0.2, 0.25) is 0 Å². The first-order valence-corrected chi connectivity index (χ1v) is 3.39. The van der Waals surface area contributed by atoms with Crippen molar-refractivity contribution in [1.29, 1.82) is 0 Å². The molecule has 0 radical (unpaired) electrons. The lowest BCUT2D eigenvalue weighted by atomic mass is 10.1. The summed E-state index contributed by atoms with van der Waals surface area (Å²) in [6, 6.07) is 0. The minimum Gasteiger partial charge on any atom is -0.111 e. The number of hydrogen-bond donors (Lipinski definition) is 0. The molecule has 0 spiro atoms.